The molecule has 7 aromatic carbocycles. The van der Waals surface area contributed by atoms with Crippen LogP contribution in [0.15, 0.2) is 189 Å². The second kappa shape index (κ2) is 13.7. The number of benzene rings is 7. The van der Waals surface area contributed by atoms with Gasteiger partial charge in [0.15, 0.2) is 17.5 Å². The molecule has 5 aromatic heterocycles. The fourth-order valence-electron chi connectivity index (χ4n) is 8.76. The maximum absolute atomic E-state index is 5.34. The van der Waals surface area contributed by atoms with E-state index in [9.17, 15) is 0 Å². The van der Waals surface area contributed by atoms with Crippen molar-refractivity contribution < 1.29 is 0 Å². The van der Waals surface area contributed by atoms with Crippen LogP contribution < -0.4 is 0 Å². The molecule has 0 aliphatic heterocycles. The van der Waals surface area contributed by atoms with Crippen molar-refractivity contribution in [2.75, 3.05) is 0 Å². The van der Waals surface area contributed by atoms with Crippen LogP contribution in [0.5, 0.6) is 0 Å². The van der Waals surface area contributed by atoms with Crippen molar-refractivity contribution in [1.29, 1.82) is 0 Å². The highest BCUT2D eigenvalue weighted by Crippen LogP contribution is 2.43. The largest absolute Gasteiger partial charge is 0.256 e. The summed E-state index contributed by atoms with van der Waals surface area (Å²) in [6.07, 6.45) is 7.34. The average Bonchev–Trinajstić information content (AvgIpc) is 3.31. The van der Waals surface area contributed by atoms with E-state index in [-0.39, 0.29) is 0 Å². The minimum Gasteiger partial charge on any atom is -0.256 e. The number of fused-ring (bicyclic) bond motifs is 6. The molecule has 0 saturated carbocycles. The highest BCUT2D eigenvalue weighted by molar-refractivity contribution is 6.15. The van der Waals surface area contributed by atoms with E-state index >= 15 is 0 Å². The number of pyridine rings is 4. The predicted molar refractivity (Wildman–Crippen MR) is 243 cm³/mol. The number of para-hydroxylation sites is 2. The fourth-order valence-corrected chi connectivity index (χ4v) is 8.76. The first kappa shape index (κ1) is 33.8. The molecule has 0 spiro atoms. The predicted octanol–water partition coefficient (Wildman–Crippen LogP) is 12.7. The Kier molecular flexibility index (Phi) is 7.71. The summed E-state index contributed by atoms with van der Waals surface area (Å²) in [5, 5.41) is 8.61. The maximum atomic E-state index is 5.34. The highest BCUT2D eigenvalue weighted by Gasteiger charge is 2.21. The molecule has 0 radical (unpaired) electrons. The van der Waals surface area contributed by atoms with Crippen LogP contribution in [0.1, 0.15) is 0 Å². The molecule has 12 rings (SSSR count). The van der Waals surface area contributed by atoms with Gasteiger partial charge >= 0.3 is 0 Å². The van der Waals surface area contributed by atoms with Gasteiger partial charge in [0, 0.05) is 63.0 Å². The zero-order chi connectivity index (χ0) is 39.6. The molecule has 7 heteroatoms. The third-order valence-electron chi connectivity index (χ3n) is 11.4. The number of hydrogen-bond donors (Lipinski definition) is 0. The Morgan fingerprint density at radius 2 is 0.683 bits per heavy atom. The first-order valence-corrected chi connectivity index (χ1v) is 19.9. The van der Waals surface area contributed by atoms with Crippen molar-refractivity contribution in [3.63, 3.8) is 0 Å². The van der Waals surface area contributed by atoms with Gasteiger partial charge in [-0.05, 0) is 111 Å². The molecule has 7 nitrogen and oxygen atoms in total. The van der Waals surface area contributed by atoms with E-state index in [0.29, 0.717) is 17.5 Å². The molecule has 5 heterocycles. The number of rotatable bonds is 5. The molecular formula is C53H31N7. The second-order valence-electron chi connectivity index (χ2n) is 15.0. The van der Waals surface area contributed by atoms with E-state index in [1.807, 2.05) is 73.3 Å². The van der Waals surface area contributed by atoms with Gasteiger partial charge in [-0.25, -0.2) is 15.0 Å². The molecule has 0 saturated heterocycles. The average molecular weight is 766 g/mol. The lowest BCUT2D eigenvalue weighted by atomic mass is 9.88. The van der Waals surface area contributed by atoms with Crippen molar-refractivity contribution in [2.45, 2.75) is 0 Å². The van der Waals surface area contributed by atoms with Crippen LogP contribution in [0.2, 0.25) is 0 Å². The quantitative estimate of drug-likeness (QED) is 0.161. The number of aromatic nitrogens is 7. The topological polar surface area (TPSA) is 90.2 Å². The Hall–Kier alpha value is -8.29. The van der Waals surface area contributed by atoms with E-state index in [1.54, 1.807) is 0 Å². The molecular weight excluding hydrogens is 735 g/mol. The van der Waals surface area contributed by atoms with Crippen LogP contribution in [0.4, 0.5) is 0 Å². The van der Waals surface area contributed by atoms with Crippen molar-refractivity contribution in [3.05, 3.63) is 189 Å². The Balaban J connectivity index is 1.21. The molecule has 0 N–H and O–H groups in total. The summed E-state index contributed by atoms with van der Waals surface area (Å²) in [5.74, 6) is 1.59. The van der Waals surface area contributed by atoms with Crippen LogP contribution >= 0.6 is 0 Å². The summed E-state index contributed by atoms with van der Waals surface area (Å²) in [7, 11) is 0. The SMILES string of the molecule is c1ccc2c(-c3cc(-c4nc(-c5cccc6cccnc56)nc(-c5cccc6cccnc56)n4)cc(-c4c5ccccc5cc5ncccc45)c3)c3cccnc3cc2c1. The summed E-state index contributed by atoms with van der Waals surface area (Å²) >= 11 is 0. The fraction of sp³-hybridized carbons (Fsp3) is 0. The third-order valence-corrected chi connectivity index (χ3v) is 11.4. The summed E-state index contributed by atoms with van der Waals surface area (Å²) in [5.41, 5.74) is 10.2. The van der Waals surface area contributed by atoms with E-state index in [1.165, 1.54) is 0 Å². The minimum absolute atomic E-state index is 0.527. The van der Waals surface area contributed by atoms with Crippen molar-refractivity contribution in [3.8, 4) is 56.4 Å². The van der Waals surface area contributed by atoms with E-state index in [4.69, 9.17) is 34.9 Å². The first-order chi connectivity index (χ1) is 29.7. The van der Waals surface area contributed by atoms with Crippen LogP contribution in [0, 0.1) is 0 Å². The summed E-state index contributed by atoms with van der Waals surface area (Å²) in [6.45, 7) is 0. The van der Waals surface area contributed by atoms with Gasteiger partial charge in [0.1, 0.15) is 0 Å². The van der Waals surface area contributed by atoms with Crippen LogP contribution in [-0.4, -0.2) is 34.9 Å². The zero-order valence-electron chi connectivity index (χ0n) is 32.0. The van der Waals surface area contributed by atoms with Crippen LogP contribution in [0.25, 0.3) is 122 Å². The summed E-state index contributed by atoms with van der Waals surface area (Å²) in [4.78, 5) is 35.2. The molecule has 60 heavy (non-hydrogen) atoms. The minimum atomic E-state index is 0.527. The van der Waals surface area contributed by atoms with Crippen molar-refractivity contribution in [1.82, 2.24) is 34.9 Å². The lowest BCUT2D eigenvalue weighted by Crippen LogP contribution is -2.02. The molecule has 0 amide bonds. The third kappa shape index (κ3) is 5.56. The van der Waals surface area contributed by atoms with Crippen molar-refractivity contribution in [2.24, 2.45) is 0 Å². The molecule has 0 bridgehead atoms. The van der Waals surface area contributed by atoms with E-state index < -0.39 is 0 Å². The Bertz CT molecular complexity index is 3340. The van der Waals surface area contributed by atoms with Gasteiger partial charge in [0.2, 0.25) is 0 Å². The molecule has 0 aliphatic rings. The molecule has 12 aromatic rings. The Morgan fingerprint density at radius 3 is 1.22 bits per heavy atom. The molecule has 0 aliphatic carbocycles. The smallest absolute Gasteiger partial charge is 0.166 e. The zero-order valence-corrected chi connectivity index (χ0v) is 32.0. The number of nitrogens with zero attached hydrogens (tertiary/aromatic N) is 7. The lowest BCUT2D eigenvalue weighted by Gasteiger charge is -2.17. The maximum Gasteiger partial charge on any atom is 0.166 e. The first-order valence-electron chi connectivity index (χ1n) is 19.9. The standard InChI is InChI=1S/C53H31N7/c1-3-17-39-34(11-1)30-45-41(21-9-23-54-45)47(39)36-27-37(48-40-18-4-2-12-35(40)31-46-42(48)22-10-24-55-46)29-38(28-36)51-58-52(43-19-5-13-32-15-7-25-56-49(32)43)60-53(59-51)44-20-6-14-33-16-8-26-57-50(33)44/h1-31H. The summed E-state index contributed by atoms with van der Waals surface area (Å²) in [6, 6.07) is 56.7. The van der Waals surface area contributed by atoms with Crippen LogP contribution in [0.3, 0.4) is 0 Å². The monoisotopic (exact) mass is 765 g/mol. The highest BCUT2D eigenvalue weighted by atomic mass is 15.0. The van der Waals surface area contributed by atoms with Crippen LogP contribution in [-0.2, 0) is 0 Å². The van der Waals surface area contributed by atoms with E-state index in [0.717, 1.165) is 104 Å². The van der Waals surface area contributed by atoms with Gasteiger partial charge in [-0.1, -0.05) is 97.1 Å². The Labute approximate surface area is 343 Å². The summed E-state index contributed by atoms with van der Waals surface area (Å²) < 4.78 is 0. The second-order valence-corrected chi connectivity index (χ2v) is 15.0. The van der Waals surface area contributed by atoms with E-state index in [2.05, 4.69) is 115 Å². The number of hydrogen-bond acceptors (Lipinski definition) is 7. The molecule has 0 atom stereocenters. The van der Waals surface area contributed by atoms with Crippen molar-refractivity contribution >= 4 is 65.2 Å². The van der Waals surface area contributed by atoms with Gasteiger partial charge in [0.05, 0.1) is 22.1 Å². The van der Waals surface area contributed by atoms with Gasteiger partial charge < -0.3 is 0 Å². The Morgan fingerprint density at radius 1 is 0.283 bits per heavy atom. The van der Waals surface area contributed by atoms with Gasteiger partial charge in [-0.3, -0.25) is 19.9 Å². The molecule has 0 fully saturated rings. The normalized spacial score (nSPS) is 11.7. The lowest BCUT2D eigenvalue weighted by molar-refractivity contribution is 1.08. The molecule has 0 unspecified atom stereocenters. The van der Waals surface area contributed by atoms with Gasteiger partial charge in [-0.15, -0.1) is 0 Å². The van der Waals surface area contributed by atoms with Gasteiger partial charge in [0.25, 0.3) is 0 Å². The van der Waals surface area contributed by atoms with Gasteiger partial charge in [-0.2, -0.15) is 0 Å². The molecule has 278 valence electrons.